The van der Waals surface area contributed by atoms with Gasteiger partial charge in [-0.25, -0.2) is 8.78 Å². The van der Waals surface area contributed by atoms with Crippen molar-refractivity contribution in [2.24, 2.45) is 0 Å². The molecule has 0 spiro atoms. The van der Waals surface area contributed by atoms with Crippen LogP contribution in [0.1, 0.15) is 6.92 Å². The fourth-order valence-electron chi connectivity index (χ4n) is 0.882. The summed E-state index contributed by atoms with van der Waals surface area (Å²) >= 11 is 0. The molecule has 0 radical (unpaired) electrons. The van der Waals surface area contributed by atoms with Crippen molar-refractivity contribution < 1.29 is 27.1 Å². The zero-order valence-corrected chi connectivity index (χ0v) is 8.64. The number of methoxy groups -OCH3 is 1. The normalized spacial score (nSPS) is 14.1. The molecule has 3 nitrogen and oxygen atoms in total. The zero-order valence-electron chi connectivity index (χ0n) is 8.64. The first kappa shape index (κ1) is 14.2. The minimum absolute atomic E-state index is 0.00155. The Morgan fingerprint density at radius 2 is 1.93 bits per heavy atom. The van der Waals surface area contributed by atoms with Gasteiger partial charge in [-0.2, -0.15) is 8.78 Å². The summed E-state index contributed by atoms with van der Waals surface area (Å²) in [7, 11) is 2.35. The first-order valence-electron chi connectivity index (χ1n) is 4.17. The van der Waals surface area contributed by atoms with Gasteiger partial charge in [-0.1, -0.05) is 0 Å². The van der Waals surface area contributed by atoms with Crippen LogP contribution in [0.3, 0.4) is 0 Å². The third-order valence-electron chi connectivity index (χ3n) is 1.95. The Balaban J connectivity index is 4.57. The van der Waals surface area contributed by atoms with Crippen molar-refractivity contribution in [1.29, 1.82) is 0 Å². The number of halogens is 4. The van der Waals surface area contributed by atoms with Crippen LogP contribution in [0.25, 0.3) is 0 Å². The zero-order chi connectivity index (χ0) is 12.2. The third-order valence-corrected chi connectivity index (χ3v) is 1.95. The van der Waals surface area contributed by atoms with E-state index >= 15 is 0 Å². The molecule has 1 unspecified atom stereocenters. The molecule has 0 saturated carbocycles. The molecule has 0 fully saturated rings. The summed E-state index contributed by atoms with van der Waals surface area (Å²) in [5.74, 6) is -6.54. The number of ether oxygens (including phenoxy) is 1. The van der Waals surface area contributed by atoms with Crippen LogP contribution in [0, 0.1) is 0 Å². The van der Waals surface area contributed by atoms with Crippen molar-refractivity contribution in [3.8, 4) is 0 Å². The molecule has 0 heterocycles. The molecule has 0 aromatic heterocycles. The summed E-state index contributed by atoms with van der Waals surface area (Å²) in [5.41, 5.74) is 0. The van der Waals surface area contributed by atoms with E-state index in [1.807, 2.05) is 0 Å². The maximum atomic E-state index is 12.6. The van der Waals surface area contributed by atoms with Gasteiger partial charge in [0.05, 0.1) is 12.6 Å². The fourth-order valence-corrected chi connectivity index (χ4v) is 0.882. The van der Waals surface area contributed by atoms with E-state index in [2.05, 4.69) is 4.74 Å². The van der Waals surface area contributed by atoms with Crippen LogP contribution < -0.4 is 0 Å². The van der Waals surface area contributed by atoms with Crippen molar-refractivity contribution in [2.75, 3.05) is 20.8 Å². The second kappa shape index (κ2) is 5.29. The van der Waals surface area contributed by atoms with Gasteiger partial charge in [-0.05, 0) is 6.92 Å². The van der Waals surface area contributed by atoms with Crippen molar-refractivity contribution in [3.63, 3.8) is 0 Å². The number of hydrogen-bond donors (Lipinski definition) is 0. The van der Waals surface area contributed by atoms with Gasteiger partial charge in [0.2, 0.25) is 0 Å². The van der Waals surface area contributed by atoms with E-state index in [0.29, 0.717) is 4.90 Å². The highest BCUT2D eigenvalue weighted by atomic mass is 19.3. The molecular weight excluding hydrogens is 218 g/mol. The van der Waals surface area contributed by atoms with Gasteiger partial charge in [0.25, 0.3) is 5.91 Å². The monoisotopic (exact) mass is 231 g/mol. The van der Waals surface area contributed by atoms with E-state index in [-0.39, 0.29) is 6.61 Å². The highest BCUT2D eigenvalue weighted by Gasteiger charge is 2.51. The van der Waals surface area contributed by atoms with Crippen molar-refractivity contribution in [2.45, 2.75) is 25.3 Å². The third kappa shape index (κ3) is 3.33. The minimum Gasteiger partial charge on any atom is -0.383 e. The van der Waals surface area contributed by atoms with Crippen LogP contribution in [-0.2, 0) is 9.53 Å². The lowest BCUT2D eigenvalue weighted by Gasteiger charge is -2.27. The molecule has 0 bridgehead atoms. The van der Waals surface area contributed by atoms with Gasteiger partial charge < -0.3 is 9.64 Å². The molecule has 15 heavy (non-hydrogen) atoms. The Bertz CT molecular complexity index is 223. The Morgan fingerprint density at radius 3 is 2.27 bits per heavy atom. The fraction of sp³-hybridized carbons (Fsp3) is 0.875. The van der Waals surface area contributed by atoms with Crippen LogP contribution in [0.4, 0.5) is 17.6 Å². The molecule has 1 amide bonds. The molecule has 0 saturated heterocycles. The van der Waals surface area contributed by atoms with Crippen LogP contribution in [-0.4, -0.2) is 50.0 Å². The smallest absolute Gasteiger partial charge is 0.383 e. The van der Waals surface area contributed by atoms with Crippen LogP contribution in [0.5, 0.6) is 0 Å². The predicted molar refractivity (Wildman–Crippen MR) is 45.1 cm³/mol. The number of rotatable bonds is 5. The molecule has 0 aromatic rings. The van der Waals surface area contributed by atoms with Crippen molar-refractivity contribution in [3.05, 3.63) is 0 Å². The number of hydrogen-bond acceptors (Lipinski definition) is 2. The summed E-state index contributed by atoms with van der Waals surface area (Å²) < 4.78 is 53.5. The average molecular weight is 231 g/mol. The molecule has 90 valence electrons. The lowest BCUT2D eigenvalue weighted by atomic mass is 10.2. The Kier molecular flexibility index (Phi) is 4.99. The second-order valence-corrected chi connectivity index (χ2v) is 3.14. The lowest BCUT2D eigenvalue weighted by molar-refractivity contribution is -0.181. The predicted octanol–water partition coefficient (Wildman–Crippen LogP) is 1.38. The molecule has 0 N–H and O–H groups in total. The van der Waals surface area contributed by atoms with Crippen LogP contribution in [0.2, 0.25) is 0 Å². The molecular formula is C8H13F4NO2. The number of amides is 1. The number of carbonyl (C=O) groups is 1. The summed E-state index contributed by atoms with van der Waals surface area (Å²) in [6.45, 7) is 1.42. The summed E-state index contributed by atoms with van der Waals surface area (Å²) in [4.78, 5) is 11.5. The van der Waals surface area contributed by atoms with Gasteiger partial charge in [0.1, 0.15) is 0 Å². The maximum Gasteiger partial charge on any atom is 0.383 e. The van der Waals surface area contributed by atoms with Crippen LogP contribution in [0.15, 0.2) is 0 Å². The molecule has 0 aliphatic rings. The van der Waals surface area contributed by atoms with Gasteiger partial charge in [-0.3, -0.25) is 4.79 Å². The minimum atomic E-state index is -4.64. The van der Waals surface area contributed by atoms with Crippen molar-refractivity contribution in [1.82, 2.24) is 4.90 Å². The number of nitrogens with zero attached hydrogens (tertiary/aromatic N) is 1. The Hall–Kier alpha value is -0.850. The topological polar surface area (TPSA) is 29.5 Å². The summed E-state index contributed by atoms with van der Waals surface area (Å²) in [6.07, 6.45) is -4.00. The second-order valence-electron chi connectivity index (χ2n) is 3.14. The molecule has 0 aliphatic heterocycles. The molecule has 7 heteroatoms. The first-order valence-corrected chi connectivity index (χ1v) is 4.17. The average Bonchev–Trinajstić information content (AvgIpc) is 2.15. The number of carbonyl (C=O) groups excluding carboxylic acids is 1. The van der Waals surface area contributed by atoms with Gasteiger partial charge >= 0.3 is 12.3 Å². The molecule has 0 aliphatic carbocycles. The largest absolute Gasteiger partial charge is 0.383 e. The number of alkyl halides is 4. The summed E-state index contributed by atoms with van der Waals surface area (Å²) in [5, 5.41) is 0. The van der Waals surface area contributed by atoms with E-state index in [4.69, 9.17) is 0 Å². The lowest BCUT2D eigenvalue weighted by Crippen LogP contribution is -2.50. The molecule has 0 aromatic carbocycles. The standard InChI is InChI=1S/C8H13F4NO2/c1-5(4-15-3)13(2)7(14)8(11,12)6(9)10/h5-6H,4H2,1-3H3. The molecule has 1 atom stereocenters. The summed E-state index contributed by atoms with van der Waals surface area (Å²) in [6, 6.07) is -0.688. The van der Waals surface area contributed by atoms with Gasteiger partial charge in [-0.15, -0.1) is 0 Å². The maximum absolute atomic E-state index is 12.6. The highest BCUT2D eigenvalue weighted by Crippen LogP contribution is 2.25. The Labute approximate surface area is 85.0 Å². The SMILES string of the molecule is COCC(C)N(C)C(=O)C(F)(F)C(F)F. The van der Waals surface area contributed by atoms with E-state index in [1.54, 1.807) is 0 Å². The van der Waals surface area contributed by atoms with E-state index in [1.165, 1.54) is 14.0 Å². The first-order chi connectivity index (χ1) is 6.75. The molecule has 0 rings (SSSR count). The number of likely N-dealkylation sites (N-methyl/N-ethyl adjacent to an activating group) is 1. The van der Waals surface area contributed by atoms with E-state index in [0.717, 1.165) is 7.05 Å². The van der Waals surface area contributed by atoms with Gasteiger partial charge in [0.15, 0.2) is 0 Å². The van der Waals surface area contributed by atoms with Gasteiger partial charge in [0, 0.05) is 14.2 Å². The van der Waals surface area contributed by atoms with Crippen LogP contribution >= 0.6 is 0 Å². The van der Waals surface area contributed by atoms with E-state index in [9.17, 15) is 22.4 Å². The quantitative estimate of drug-likeness (QED) is 0.669. The Morgan fingerprint density at radius 1 is 1.47 bits per heavy atom. The van der Waals surface area contributed by atoms with Crippen molar-refractivity contribution >= 4 is 5.91 Å². The van der Waals surface area contributed by atoms with E-state index < -0.39 is 24.3 Å². The highest BCUT2D eigenvalue weighted by molar-refractivity contribution is 5.84.